The molecule has 7 nitrogen and oxygen atoms in total. The third-order valence-corrected chi connectivity index (χ3v) is 3.46. The molecule has 3 atom stereocenters. The van der Waals surface area contributed by atoms with Gasteiger partial charge in [-0.3, -0.25) is 15.1 Å². The Balaban J connectivity index is 4.01. The third kappa shape index (κ3) is 11.0. The van der Waals surface area contributed by atoms with E-state index in [1.165, 1.54) is 0 Å². The first kappa shape index (κ1) is 20.7. The van der Waals surface area contributed by atoms with Crippen molar-refractivity contribution in [2.24, 2.45) is 5.73 Å². The lowest BCUT2D eigenvalue weighted by molar-refractivity contribution is -0.0170. The van der Waals surface area contributed by atoms with Crippen molar-refractivity contribution in [1.82, 2.24) is 15.1 Å². The minimum absolute atomic E-state index is 0.478. The molecule has 6 N–H and O–H groups in total. The van der Waals surface area contributed by atoms with Gasteiger partial charge in [-0.05, 0) is 40.2 Å². The molecule has 0 fully saturated rings. The summed E-state index contributed by atoms with van der Waals surface area (Å²) in [6, 6.07) is 0. The van der Waals surface area contributed by atoms with Crippen molar-refractivity contribution in [3.8, 4) is 0 Å². The summed E-state index contributed by atoms with van der Waals surface area (Å²) in [6.07, 6.45) is 0.365. The number of aliphatic hydroxyl groups is 3. The summed E-state index contributed by atoms with van der Waals surface area (Å²) in [6.45, 7) is 9.23. The van der Waals surface area contributed by atoms with E-state index in [1.54, 1.807) is 20.8 Å². The van der Waals surface area contributed by atoms with Crippen molar-refractivity contribution >= 4 is 0 Å². The topological polar surface area (TPSA) is 105 Å². The van der Waals surface area contributed by atoms with Gasteiger partial charge in [0, 0.05) is 32.7 Å². The van der Waals surface area contributed by atoms with Crippen molar-refractivity contribution in [2.75, 3.05) is 39.3 Å². The molecule has 3 unspecified atom stereocenters. The van der Waals surface area contributed by atoms with E-state index in [0.29, 0.717) is 26.2 Å². The molecule has 0 rings (SSSR count). The molecule has 0 spiro atoms. The monoisotopic (exact) mass is 306 g/mol. The van der Waals surface area contributed by atoms with Crippen LogP contribution in [-0.4, -0.2) is 83.1 Å². The summed E-state index contributed by atoms with van der Waals surface area (Å²) in [4.78, 5) is 3.87. The van der Waals surface area contributed by atoms with Crippen LogP contribution in [0, 0.1) is 0 Å². The van der Waals surface area contributed by atoms with E-state index in [2.05, 4.69) is 5.32 Å². The molecule has 0 aromatic rings. The lowest BCUT2D eigenvalue weighted by atomic mass is 10.2. The second-order valence-corrected chi connectivity index (χ2v) is 5.46. The SMILES string of the molecule is CC(O)NCCCCN(CCN(CCN)C(C)O)C(C)O. The number of nitrogens with one attached hydrogen (secondary N) is 1. The van der Waals surface area contributed by atoms with Gasteiger partial charge in [-0.15, -0.1) is 0 Å². The maximum atomic E-state index is 9.80. The Morgan fingerprint density at radius 1 is 0.857 bits per heavy atom. The summed E-state index contributed by atoms with van der Waals surface area (Å²) in [7, 11) is 0. The highest BCUT2D eigenvalue weighted by Gasteiger charge is 2.15. The van der Waals surface area contributed by atoms with Crippen molar-refractivity contribution in [1.29, 1.82) is 0 Å². The second kappa shape index (κ2) is 12.3. The fourth-order valence-corrected chi connectivity index (χ4v) is 2.14. The Kier molecular flexibility index (Phi) is 12.1. The van der Waals surface area contributed by atoms with Crippen LogP contribution in [0.15, 0.2) is 0 Å². The van der Waals surface area contributed by atoms with E-state index in [4.69, 9.17) is 10.8 Å². The van der Waals surface area contributed by atoms with Crippen LogP contribution >= 0.6 is 0 Å². The number of unbranched alkanes of at least 4 members (excludes halogenated alkanes) is 1. The average molecular weight is 306 g/mol. The van der Waals surface area contributed by atoms with Crippen LogP contribution in [-0.2, 0) is 0 Å². The van der Waals surface area contributed by atoms with Gasteiger partial charge < -0.3 is 21.1 Å². The fourth-order valence-electron chi connectivity index (χ4n) is 2.14. The van der Waals surface area contributed by atoms with Crippen LogP contribution in [0.3, 0.4) is 0 Å². The van der Waals surface area contributed by atoms with Gasteiger partial charge in [0.1, 0.15) is 18.7 Å². The molecule has 0 aliphatic rings. The van der Waals surface area contributed by atoms with Gasteiger partial charge in [0.15, 0.2) is 0 Å². The first-order valence-electron chi connectivity index (χ1n) is 7.84. The summed E-state index contributed by atoms with van der Waals surface area (Å²) in [5, 5.41) is 31.5. The summed E-state index contributed by atoms with van der Waals surface area (Å²) >= 11 is 0. The molecule has 0 aromatic heterocycles. The maximum absolute atomic E-state index is 9.80. The van der Waals surface area contributed by atoms with Gasteiger partial charge in [-0.2, -0.15) is 0 Å². The standard InChI is InChI=1S/C14H34N4O3/c1-12(19)16-7-4-5-8-17(13(2)20)10-11-18(9-6-15)14(3)21/h12-14,16,19-21H,4-11,15H2,1-3H3. The van der Waals surface area contributed by atoms with Crippen molar-refractivity contribution < 1.29 is 15.3 Å². The smallest absolute Gasteiger partial charge is 0.104 e. The molecule has 21 heavy (non-hydrogen) atoms. The highest BCUT2D eigenvalue weighted by molar-refractivity contribution is 4.66. The van der Waals surface area contributed by atoms with E-state index < -0.39 is 18.7 Å². The molecule has 0 saturated carbocycles. The predicted molar refractivity (Wildman–Crippen MR) is 84.5 cm³/mol. The Hall–Kier alpha value is -0.280. The van der Waals surface area contributed by atoms with Crippen LogP contribution in [0.25, 0.3) is 0 Å². The van der Waals surface area contributed by atoms with Gasteiger partial charge in [0.05, 0.1) is 0 Å². The number of hydrogen-bond donors (Lipinski definition) is 5. The van der Waals surface area contributed by atoms with E-state index in [0.717, 1.165) is 25.9 Å². The summed E-state index contributed by atoms with van der Waals surface area (Å²) in [5.41, 5.74) is 5.53. The molecule has 0 radical (unpaired) electrons. The number of nitrogens with two attached hydrogens (primary N) is 1. The van der Waals surface area contributed by atoms with Gasteiger partial charge in [0.2, 0.25) is 0 Å². The average Bonchev–Trinajstić information content (AvgIpc) is 2.39. The van der Waals surface area contributed by atoms with Gasteiger partial charge in [0.25, 0.3) is 0 Å². The first-order valence-corrected chi connectivity index (χ1v) is 7.84. The maximum Gasteiger partial charge on any atom is 0.104 e. The minimum Gasteiger partial charge on any atom is -0.379 e. The lowest BCUT2D eigenvalue weighted by Crippen LogP contribution is -2.44. The van der Waals surface area contributed by atoms with Crippen molar-refractivity contribution in [3.05, 3.63) is 0 Å². The zero-order valence-corrected chi connectivity index (χ0v) is 13.7. The van der Waals surface area contributed by atoms with Crippen molar-refractivity contribution in [2.45, 2.75) is 52.3 Å². The molecular formula is C14H34N4O3. The minimum atomic E-state index is -0.528. The number of hydrogen-bond acceptors (Lipinski definition) is 7. The largest absolute Gasteiger partial charge is 0.379 e. The molecule has 0 bridgehead atoms. The Morgan fingerprint density at radius 2 is 1.38 bits per heavy atom. The van der Waals surface area contributed by atoms with Crippen LogP contribution in [0.5, 0.6) is 0 Å². The molecule has 7 heteroatoms. The van der Waals surface area contributed by atoms with Gasteiger partial charge in [-0.25, -0.2) is 0 Å². The first-order chi connectivity index (χ1) is 9.88. The molecular weight excluding hydrogens is 272 g/mol. The van der Waals surface area contributed by atoms with E-state index in [-0.39, 0.29) is 0 Å². The van der Waals surface area contributed by atoms with E-state index >= 15 is 0 Å². The lowest BCUT2D eigenvalue weighted by Gasteiger charge is -2.30. The zero-order valence-electron chi connectivity index (χ0n) is 13.7. The molecule has 0 aromatic carbocycles. The Bertz CT molecular complexity index is 240. The van der Waals surface area contributed by atoms with Crippen LogP contribution in [0.2, 0.25) is 0 Å². The molecule has 0 aliphatic carbocycles. The number of aliphatic hydroxyl groups excluding tert-OH is 3. The molecule has 128 valence electrons. The zero-order chi connectivity index (χ0) is 16.3. The van der Waals surface area contributed by atoms with E-state index in [1.807, 2.05) is 9.80 Å². The highest BCUT2D eigenvalue weighted by atomic mass is 16.3. The normalized spacial score (nSPS) is 16.4. The van der Waals surface area contributed by atoms with Crippen LogP contribution in [0.1, 0.15) is 33.6 Å². The van der Waals surface area contributed by atoms with Gasteiger partial charge in [-0.1, -0.05) is 0 Å². The predicted octanol–water partition coefficient (Wildman–Crippen LogP) is -1.07. The van der Waals surface area contributed by atoms with Gasteiger partial charge >= 0.3 is 0 Å². The highest BCUT2D eigenvalue weighted by Crippen LogP contribution is 2.02. The van der Waals surface area contributed by atoms with Crippen LogP contribution in [0.4, 0.5) is 0 Å². The molecule has 0 heterocycles. The second-order valence-electron chi connectivity index (χ2n) is 5.46. The summed E-state index contributed by atoms with van der Waals surface area (Å²) < 4.78 is 0. The third-order valence-electron chi connectivity index (χ3n) is 3.46. The Labute approximate surface area is 128 Å². The Morgan fingerprint density at radius 3 is 1.81 bits per heavy atom. The quantitative estimate of drug-likeness (QED) is 0.218. The van der Waals surface area contributed by atoms with E-state index in [9.17, 15) is 10.2 Å². The molecule has 0 saturated heterocycles. The molecule has 0 aliphatic heterocycles. The number of nitrogens with zero attached hydrogens (tertiary/aromatic N) is 2. The number of rotatable bonds is 13. The molecule has 0 amide bonds. The van der Waals surface area contributed by atoms with Crippen LogP contribution < -0.4 is 11.1 Å². The fraction of sp³-hybridized carbons (Fsp3) is 1.00. The van der Waals surface area contributed by atoms with Crippen molar-refractivity contribution in [3.63, 3.8) is 0 Å². The summed E-state index contributed by atoms with van der Waals surface area (Å²) in [5.74, 6) is 0.